The van der Waals surface area contributed by atoms with E-state index in [4.69, 9.17) is 9.05 Å². The molecule has 0 aromatic heterocycles. The number of nitrogens with zero attached hydrogens (tertiary/aromatic N) is 1. The lowest BCUT2D eigenvalue weighted by atomic mass is 10.0. The van der Waals surface area contributed by atoms with Gasteiger partial charge in [0, 0.05) is 6.42 Å². The van der Waals surface area contributed by atoms with Crippen molar-refractivity contribution in [2.75, 3.05) is 40.9 Å². The molecule has 3 unspecified atom stereocenters. The Kier molecular flexibility index (Phi) is 48.2. The Morgan fingerprint density at radius 2 is 0.833 bits per heavy atom. The molecule has 9 heteroatoms. The van der Waals surface area contributed by atoms with E-state index in [9.17, 15) is 19.4 Å². The number of aliphatic hydroxyl groups is 1. The van der Waals surface area contributed by atoms with Gasteiger partial charge in [-0.25, -0.2) is 0 Å². The summed E-state index contributed by atoms with van der Waals surface area (Å²) in [6, 6.07) is -0.889. The fourth-order valence-corrected chi connectivity index (χ4v) is 9.34. The molecule has 392 valence electrons. The van der Waals surface area contributed by atoms with Gasteiger partial charge in [0.25, 0.3) is 7.82 Å². The molecule has 0 aromatic rings. The van der Waals surface area contributed by atoms with Crippen LogP contribution in [0.2, 0.25) is 0 Å². The molecule has 0 aromatic carbocycles. The molecule has 0 radical (unpaired) electrons. The predicted octanol–water partition coefficient (Wildman–Crippen LogP) is 16.6. The molecule has 2 N–H and O–H groups in total. The molecular formula is C57H113N2O6P. The minimum absolute atomic E-state index is 0.00121. The summed E-state index contributed by atoms with van der Waals surface area (Å²) >= 11 is 0. The maximum absolute atomic E-state index is 12.9. The highest BCUT2D eigenvalue weighted by atomic mass is 31.2. The van der Waals surface area contributed by atoms with Crippen molar-refractivity contribution in [2.24, 2.45) is 0 Å². The first-order valence-electron chi connectivity index (χ1n) is 28.7. The van der Waals surface area contributed by atoms with Gasteiger partial charge in [-0.2, -0.15) is 0 Å². The van der Waals surface area contributed by atoms with E-state index < -0.39 is 20.0 Å². The van der Waals surface area contributed by atoms with Gasteiger partial charge in [-0.05, 0) is 44.9 Å². The summed E-state index contributed by atoms with van der Waals surface area (Å²) in [4.78, 5) is 25.4. The van der Waals surface area contributed by atoms with Crippen molar-refractivity contribution < 1.29 is 32.9 Å². The van der Waals surface area contributed by atoms with Crippen molar-refractivity contribution >= 4 is 13.7 Å². The summed E-state index contributed by atoms with van der Waals surface area (Å²) in [6.07, 6.45) is 61.3. The Hall–Kier alpha value is -1.02. The number of phosphoric acid groups is 1. The second-order valence-electron chi connectivity index (χ2n) is 21.0. The summed E-state index contributed by atoms with van der Waals surface area (Å²) in [5.74, 6) is -0.204. The number of carbonyl (C=O) groups is 1. The maximum atomic E-state index is 12.9. The third-order valence-corrected chi connectivity index (χ3v) is 14.1. The number of quaternary nitrogens is 1. The third-order valence-electron chi connectivity index (χ3n) is 13.2. The average molecular weight is 954 g/mol. The molecule has 0 fully saturated rings. The zero-order valence-corrected chi connectivity index (χ0v) is 45.6. The summed E-state index contributed by atoms with van der Waals surface area (Å²) in [6.45, 7) is 4.65. The van der Waals surface area contributed by atoms with Gasteiger partial charge in [0.05, 0.1) is 39.9 Å². The highest BCUT2D eigenvalue weighted by molar-refractivity contribution is 7.45. The standard InChI is InChI=1S/C57H113N2O6P/c1-6-8-10-12-14-16-18-20-21-22-23-24-25-26-27-28-29-30-31-32-33-34-35-36-37-39-40-42-44-46-48-50-56(60)55(54-65-66(62,63)64-53-52-59(3,4)5)58-57(61)51-49-47-45-43-41-38-19-17-15-13-11-9-7-2/h17,19,48,50,55-56,60H,6-16,18,20-47,49,51-54H2,1-5H3,(H-,58,61,62,63)/b19-17-,50-48+. The van der Waals surface area contributed by atoms with Crippen molar-refractivity contribution in [3.05, 3.63) is 24.3 Å². The van der Waals surface area contributed by atoms with E-state index >= 15 is 0 Å². The van der Waals surface area contributed by atoms with E-state index in [2.05, 4.69) is 31.3 Å². The Morgan fingerprint density at radius 1 is 0.515 bits per heavy atom. The van der Waals surface area contributed by atoms with Crippen LogP contribution in [-0.4, -0.2) is 68.5 Å². The highest BCUT2D eigenvalue weighted by Crippen LogP contribution is 2.38. The fraction of sp³-hybridized carbons (Fsp3) is 0.912. The molecule has 0 rings (SSSR count). The van der Waals surface area contributed by atoms with Crippen LogP contribution in [0.1, 0.15) is 284 Å². The molecule has 0 saturated heterocycles. The Labute approximate surface area is 411 Å². The van der Waals surface area contributed by atoms with Crippen LogP contribution in [0.4, 0.5) is 0 Å². The number of rotatable bonds is 53. The molecule has 0 heterocycles. The molecule has 0 bridgehead atoms. The minimum Gasteiger partial charge on any atom is -0.756 e. The first-order valence-corrected chi connectivity index (χ1v) is 30.2. The van der Waals surface area contributed by atoms with Crippen molar-refractivity contribution in [3.63, 3.8) is 0 Å². The van der Waals surface area contributed by atoms with E-state index in [-0.39, 0.29) is 19.1 Å². The van der Waals surface area contributed by atoms with Gasteiger partial charge in [0.15, 0.2) is 0 Å². The van der Waals surface area contributed by atoms with E-state index in [1.807, 2.05) is 27.2 Å². The van der Waals surface area contributed by atoms with Crippen LogP contribution in [-0.2, 0) is 18.4 Å². The largest absolute Gasteiger partial charge is 0.756 e. The number of unbranched alkanes of at least 4 members (excludes halogenated alkanes) is 38. The number of hydrogen-bond acceptors (Lipinski definition) is 6. The number of allylic oxidation sites excluding steroid dienone is 3. The molecule has 0 spiro atoms. The molecule has 0 saturated carbocycles. The van der Waals surface area contributed by atoms with Crippen molar-refractivity contribution in [1.82, 2.24) is 5.32 Å². The number of nitrogens with one attached hydrogen (secondary N) is 1. The number of aliphatic hydroxyl groups excluding tert-OH is 1. The van der Waals surface area contributed by atoms with Crippen molar-refractivity contribution in [3.8, 4) is 0 Å². The molecule has 3 atom stereocenters. The summed E-state index contributed by atoms with van der Waals surface area (Å²) in [7, 11) is 1.26. The van der Waals surface area contributed by atoms with Crippen LogP contribution in [0.3, 0.4) is 0 Å². The summed E-state index contributed by atoms with van der Waals surface area (Å²) in [5.41, 5.74) is 0. The number of hydrogen-bond donors (Lipinski definition) is 2. The Morgan fingerprint density at radius 3 is 1.20 bits per heavy atom. The van der Waals surface area contributed by atoms with E-state index in [1.54, 1.807) is 6.08 Å². The monoisotopic (exact) mass is 953 g/mol. The zero-order valence-electron chi connectivity index (χ0n) is 44.7. The van der Waals surface area contributed by atoms with Crippen LogP contribution in [0.25, 0.3) is 0 Å². The Bertz CT molecular complexity index is 1130. The predicted molar refractivity (Wildman–Crippen MR) is 284 cm³/mol. The van der Waals surface area contributed by atoms with Gasteiger partial charge in [0.2, 0.25) is 5.91 Å². The van der Waals surface area contributed by atoms with Crippen molar-refractivity contribution in [2.45, 2.75) is 296 Å². The van der Waals surface area contributed by atoms with E-state index in [0.29, 0.717) is 17.4 Å². The quantitative estimate of drug-likeness (QED) is 0.0272. The lowest BCUT2D eigenvalue weighted by molar-refractivity contribution is -0.870. The number of amides is 1. The minimum atomic E-state index is -4.59. The highest BCUT2D eigenvalue weighted by Gasteiger charge is 2.23. The molecule has 0 aliphatic heterocycles. The Balaban J connectivity index is 4.06. The lowest BCUT2D eigenvalue weighted by Crippen LogP contribution is -2.45. The van der Waals surface area contributed by atoms with Gasteiger partial charge in [-0.3, -0.25) is 9.36 Å². The molecule has 1 amide bonds. The molecule has 0 aliphatic carbocycles. The van der Waals surface area contributed by atoms with Gasteiger partial charge in [-0.15, -0.1) is 0 Å². The van der Waals surface area contributed by atoms with Crippen LogP contribution >= 0.6 is 7.82 Å². The van der Waals surface area contributed by atoms with Gasteiger partial charge in [-0.1, -0.05) is 256 Å². The van der Waals surface area contributed by atoms with Gasteiger partial charge >= 0.3 is 0 Å². The topological polar surface area (TPSA) is 108 Å². The van der Waals surface area contributed by atoms with E-state index in [0.717, 1.165) is 51.4 Å². The number of carbonyl (C=O) groups excluding carboxylic acids is 1. The maximum Gasteiger partial charge on any atom is 0.268 e. The fourth-order valence-electron chi connectivity index (χ4n) is 8.62. The summed E-state index contributed by atoms with van der Waals surface area (Å²) < 4.78 is 23.3. The SMILES string of the molecule is CCCCCC/C=C\CCCCCCCC(=O)NC(COP(=O)([O-])OCC[N+](C)(C)C)C(O)/C=C/CCCCCCCCCCCCCCCCCCCCCCCCCCCCCCC. The normalized spacial score (nSPS) is 14.1. The second kappa shape index (κ2) is 49.0. The number of phosphoric ester groups is 1. The summed E-state index contributed by atoms with van der Waals surface area (Å²) in [5, 5.41) is 13.9. The zero-order chi connectivity index (χ0) is 48.5. The average Bonchev–Trinajstić information content (AvgIpc) is 3.28. The lowest BCUT2D eigenvalue weighted by Gasteiger charge is -2.29. The van der Waals surface area contributed by atoms with Gasteiger partial charge < -0.3 is 28.8 Å². The molecule has 0 aliphatic rings. The first-order chi connectivity index (χ1) is 32.0. The second-order valence-corrected chi connectivity index (χ2v) is 22.4. The first kappa shape index (κ1) is 65.0. The van der Waals surface area contributed by atoms with E-state index in [1.165, 1.54) is 212 Å². The third kappa shape index (κ3) is 50.8. The van der Waals surface area contributed by atoms with Crippen LogP contribution in [0.15, 0.2) is 24.3 Å². The van der Waals surface area contributed by atoms with Crippen LogP contribution in [0.5, 0.6) is 0 Å². The molecular weight excluding hydrogens is 840 g/mol. The van der Waals surface area contributed by atoms with Crippen molar-refractivity contribution in [1.29, 1.82) is 0 Å². The number of likely N-dealkylation sites (N-methyl/N-ethyl adjacent to an activating group) is 1. The smallest absolute Gasteiger partial charge is 0.268 e. The molecule has 8 nitrogen and oxygen atoms in total. The van der Waals surface area contributed by atoms with Gasteiger partial charge in [0.1, 0.15) is 13.2 Å². The van der Waals surface area contributed by atoms with Crippen LogP contribution in [0, 0.1) is 0 Å². The van der Waals surface area contributed by atoms with Crippen LogP contribution < -0.4 is 10.2 Å². The molecule has 66 heavy (non-hydrogen) atoms.